The van der Waals surface area contributed by atoms with Gasteiger partial charge in [-0.25, -0.2) is 8.42 Å². The third-order valence-corrected chi connectivity index (χ3v) is 5.86. The van der Waals surface area contributed by atoms with E-state index in [1.165, 1.54) is 6.26 Å². The Morgan fingerprint density at radius 1 is 1.19 bits per heavy atom. The number of anilines is 1. The smallest absolute Gasteiger partial charge is 0.321 e. The second-order valence-corrected chi connectivity index (χ2v) is 9.63. The summed E-state index contributed by atoms with van der Waals surface area (Å²) in [6, 6.07) is 5.21. The van der Waals surface area contributed by atoms with E-state index in [9.17, 15) is 8.42 Å². The van der Waals surface area contributed by atoms with E-state index in [2.05, 4.69) is 15.5 Å². The van der Waals surface area contributed by atoms with Crippen molar-refractivity contribution in [2.45, 2.75) is 12.8 Å². The highest BCUT2D eigenvalue weighted by Crippen LogP contribution is 2.33. The molecule has 0 bridgehead atoms. The maximum absolute atomic E-state index is 11.8. The van der Waals surface area contributed by atoms with E-state index in [1.54, 1.807) is 18.2 Å². The molecule has 2 heterocycles. The van der Waals surface area contributed by atoms with Crippen molar-refractivity contribution in [3.8, 4) is 11.4 Å². The maximum Gasteiger partial charge on any atom is 0.321 e. The van der Waals surface area contributed by atoms with E-state index < -0.39 is 15.3 Å². The van der Waals surface area contributed by atoms with Crippen LogP contribution in [0.2, 0.25) is 10.0 Å². The summed E-state index contributed by atoms with van der Waals surface area (Å²) >= 11 is 12.0. The van der Waals surface area contributed by atoms with Gasteiger partial charge in [0.15, 0.2) is 0 Å². The summed E-state index contributed by atoms with van der Waals surface area (Å²) in [6.45, 7) is 1.47. The number of halogens is 2. The summed E-state index contributed by atoms with van der Waals surface area (Å²) in [6.07, 6.45) is 2.55. The zero-order valence-corrected chi connectivity index (χ0v) is 16.5. The van der Waals surface area contributed by atoms with Crippen molar-refractivity contribution in [1.82, 2.24) is 10.1 Å². The SMILES string of the molecule is CS(=O)(=O)CC1(CNc2nc(-c3cc(Cl)cc(Cl)c3)no2)CCOCC1. The molecular formula is C16H19Cl2N3O4S. The van der Waals surface area contributed by atoms with Crippen molar-refractivity contribution >= 4 is 39.1 Å². The molecule has 1 aliphatic rings. The first-order valence-electron chi connectivity index (χ1n) is 8.04. The lowest BCUT2D eigenvalue weighted by atomic mass is 9.82. The molecule has 1 saturated heterocycles. The molecular weight excluding hydrogens is 401 g/mol. The zero-order valence-electron chi connectivity index (χ0n) is 14.2. The first-order valence-corrected chi connectivity index (χ1v) is 10.9. The van der Waals surface area contributed by atoms with Gasteiger partial charge in [0.05, 0.1) is 5.75 Å². The molecule has 7 nitrogen and oxygen atoms in total. The Bertz CT molecular complexity index is 859. The third kappa shape index (κ3) is 5.09. The molecule has 0 aliphatic carbocycles. The summed E-state index contributed by atoms with van der Waals surface area (Å²) in [5.41, 5.74) is 0.219. The van der Waals surface area contributed by atoms with Gasteiger partial charge in [0, 0.05) is 47.0 Å². The molecule has 0 unspecified atom stereocenters. The predicted octanol–water partition coefficient (Wildman–Crippen LogP) is 3.30. The van der Waals surface area contributed by atoms with Gasteiger partial charge >= 0.3 is 6.01 Å². The van der Waals surface area contributed by atoms with Crippen LogP contribution in [0.15, 0.2) is 22.7 Å². The molecule has 1 aliphatic heterocycles. The summed E-state index contributed by atoms with van der Waals surface area (Å²) in [4.78, 5) is 4.29. The Morgan fingerprint density at radius 2 is 1.85 bits per heavy atom. The first kappa shape index (κ1) is 19.4. The fraction of sp³-hybridized carbons (Fsp3) is 0.500. The molecule has 26 heavy (non-hydrogen) atoms. The van der Waals surface area contributed by atoms with Crippen LogP contribution < -0.4 is 5.32 Å². The molecule has 0 atom stereocenters. The number of ether oxygens (including phenoxy) is 1. The summed E-state index contributed by atoms with van der Waals surface area (Å²) < 4.78 is 34.3. The maximum atomic E-state index is 11.8. The molecule has 2 aromatic rings. The van der Waals surface area contributed by atoms with Gasteiger partial charge in [-0.15, -0.1) is 0 Å². The summed E-state index contributed by atoms with van der Waals surface area (Å²) in [7, 11) is -3.13. The topological polar surface area (TPSA) is 94.3 Å². The normalized spacial score (nSPS) is 17.2. The minimum atomic E-state index is -3.13. The van der Waals surface area contributed by atoms with Crippen LogP contribution in [-0.2, 0) is 14.6 Å². The van der Waals surface area contributed by atoms with Crippen molar-refractivity contribution in [1.29, 1.82) is 0 Å². The molecule has 0 spiro atoms. The second-order valence-electron chi connectivity index (χ2n) is 6.62. The quantitative estimate of drug-likeness (QED) is 0.766. The van der Waals surface area contributed by atoms with E-state index in [0.29, 0.717) is 54.0 Å². The Morgan fingerprint density at radius 3 is 2.46 bits per heavy atom. The van der Waals surface area contributed by atoms with Crippen LogP contribution in [0.4, 0.5) is 6.01 Å². The van der Waals surface area contributed by atoms with Gasteiger partial charge in [-0.05, 0) is 31.0 Å². The lowest BCUT2D eigenvalue weighted by Gasteiger charge is -2.36. The summed E-state index contributed by atoms with van der Waals surface area (Å²) in [5, 5.41) is 7.94. The van der Waals surface area contributed by atoms with E-state index in [4.69, 9.17) is 32.5 Å². The molecule has 3 rings (SSSR count). The fourth-order valence-corrected chi connectivity index (χ4v) is 5.12. The molecule has 1 fully saturated rings. The number of hydrogen-bond acceptors (Lipinski definition) is 7. The number of nitrogens with one attached hydrogen (secondary N) is 1. The van der Waals surface area contributed by atoms with Crippen molar-refractivity contribution in [2.75, 3.05) is 37.1 Å². The van der Waals surface area contributed by atoms with E-state index in [-0.39, 0.29) is 11.8 Å². The van der Waals surface area contributed by atoms with Gasteiger partial charge in [-0.2, -0.15) is 4.98 Å². The molecule has 1 N–H and O–H groups in total. The van der Waals surface area contributed by atoms with Gasteiger partial charge in [0.2, 0.25) is 5.82 Å². The highest BCUT2D eigenvalue weighted by atomic mass is 35.5. The van der Waals surface area contributed by atoms with Crippen LogP contribution in [0.1, 0.15) is 12.8 Å². The van der Waals surface area contributed by atoms with Gasteiger partial charge < -0.3 is 14.6 Å². The minimum absolute atomic E-state index is 0.0846. The molecule has 0 radical (unpaired) electrons. The molecule has 10 heteroatoms. The Hall–Kier alpha value is -1.35. The number of benzene rings is 1. The van der Waals surface area contributed by atoms with Gasteiger partial charge in [0.1, 0.15) is 9.84 Å². The van der Waals surface area contributed by atoms with Crippen molar-refractivity contribution in [3.63, 3.8) is 0 Å². The van der Waals surface area contributed by atoms with Crippen LogP contribution in [0.5, 0.6) is 0 Å². The molecule has 1 aromatic heterocycles. The highest BCUT2D eigenvalue weighted by molar-refractivity contribution is 7.90. The highest BCUT2D eigenvalue weighted by Gasteiger charge is 2.36. The van der Waals surface area contributed by atoms with E-state index >= 15 is 0 Å². The molecule has 1 aromatic carbocycles. The monoisotopic (exact) mass is 419 g/mol. The standard InChI is InChI=1S/C16H19Cl2N3O4S/c1-26(22,23)10-16(2-4-24-5-3-16)9-19-15-20-14(21-25-15)11-6-12(17)8-13(18)7-11/h6-8H,2-5,9-10H2,1H3,(H,19,20,21). The second kappa shape index (κ2) is 7.72. The van der Waals surface area contributed by atoms with Gasteiger partial charge in [-0.1, -0.05) is 28.4 Å². The fourth-order valence-electron chi connectivity index (χ4n) is 3.09. The number of hydrogen-bond donors (Lipinski definition) is 1. The first-order chi connectivity index (χ1) is 12.2. The third-order valence-electron chi connectivity index (χ3n) is 4.28. The van der Waals surface area contributed by atoms with Crippen LogP contribution in [0.25, 0.3) is 11.4 Å². The lowest BCUT2D eigenvalue weighted by Crippen LogP contribution is -2.41. The summed E-state index contributed by atoms with van der Waals surface area (Å²) in [5.74, 6) is 0.433. The number of sulfone groups is 1. The van der Waals surface area contributed by atoms with Crippen LogP contribution in [0, 0.1) is 5.41 Å². The molecule has 0 saturated carbocycles. The van der Waals surface area contributed by atoms with Gasteiger partial charge in [0.25, 0.3) is 0 Å². The lowest BCUT2D eigenvalue weighted by molar-refractivity contribution is 0.0312. The number of aromatic nitrogens is 2. The Labute approximate surface area is 161 Å². The van der Waals surface area contributed by atoms with Crippen LogP contribution in [0.3, 0.4) is 0 Å². The largest absolute Gasteiger partial charge is 0.381 e. The molecule has 0 amide bonds. The Balaban J connectivity index is 1.73. The van der Waals surface area contributed by atoms with Crippen LogP contribution in [-0.4, -0.2) is 50.3 Å². The number of rotatable bonds is 6. The average molecular weight is 420 g/mol. The number of nitrogens with zero attached hydrogens (tertiary/aromatic N) is 2. The average Bonchev–Trinajstić information content (AvgIpc) is 3.00. The Kier molecular flexibility index (Phi) is 5.76. The zero-order chi connectivity index (χ0) is 18.8. The van der Waals surface area contributed by atoms with Crippen molar-refractivity contribution in [3.05, 3.63) is 28.2 Å². The van der Waals surface area contributed by atoms with E-state index in [1.807, 2.05) is 0 Å². The van der Waals surface area contributed by atoms with Crippen molar-refractivity contribution in [2.24, 2.45) is 5.41 Å². The molecule has 142 valence electrons. The van der Waals surface area contributed by atoms with Crippen molar-refractivity contribution < 1.29 is 17.7 Å². The predicted molar refractivity (Wildman–Crippen MR) is 100 cm³/mol. The van der Waals surface area contributed by atoms with E-state index in [0.717, 1.165) is 0 Å². The minimum Gasteiger partial charge on any atom is -0.381 e. The van der Waals surface area contributed by atoms with Crippen LogP contribution >= 0.6 is 23.2 Å². The van der Waals surface area contributed by atoms with Gasteiger partial charge in [-0.3, -0.25) is 0 Å².